The van der Waals surface area contributed by atoms with E-state index in [1.54, 1.807) is 18.2 Å². The van der Waals surface area contributed by atoms with Crippen molar-refractivity contribution >= 4 is 46.0 Å². The zero-order valence-corrected chi connectivity index (χ0v) is 19.9. The summed E-state index contributed by atoms with van der Waals surface area (Å²) in [5, 5.41) is 3.55. The van der Waals surface area contributed by atoms with E-state index in [4.69, 9.17) is 23.2 Å². The number of imidazole rings is 1. The van der Waals surface area contributed by atoms with Crippen LogP contribution in [0.15, 0.2) is 27.8 Å². The van der Waals surface area contributed by atoms with Gasteiger partial charge in [-0.3, -0.25) is 19.1 Å². The lowest BCUT2D eigenvalue weighted by Crippen LogP contribution is -2.31. The van der Waals surface area contributed by atoms with Crippen LogP contribution in [0.3, 0.4) is 0 Å². The first kappa shape index (κ1) is 24.1. The fourth-order valence-electron chi connectivity index (χ4n) is 3.52. The van der Waals surface area contributed by atoms with Crippen LogP contribution in [0.25, 0.3) is 11.2 Å². The van der Waals surface area contributed by atoms with Gasteiger partial charge in [0.2, 0.25) is 5.91 Å². The zero-order chi connectivity index (χ0) is 23.4. The highest BCUT2D eigenvalue weighted by Crippen LogP contribution is 2.25. The molecule has 3 rings (SSSR count). The van der Waals surface area contributed by atoms with Gasteiger partial charge in [-0.05, 0) is 30.5 Å². The van der Waals surface area contributed by atoms with Gasteiger partial charge < -0.3 is 9.88 Å². The Morgan fingerprint density at radius 2 is 1.94 bits per heavy atom. The molecule has 0 aliphatic carbocycles. The molecule has 0 bridgehead atoms. The van der Waals surface area contributed by atoms with E-state index in [9.17, 15) is 14.4 Å². The minimum Gasteiger partial charge on any atom is -0.326 e. The summed E-state index contributed by atoms with van der Waals surface area (Å²) in [6, 6.07) is 4.87. The van der Waals surface area contributed by atoms with E-state index in [1.165, 1.54) is 4.57 Å². The molecular formula is C22H27Cl2N5O3. The number of benzene rings is 1. The number of nitrogens with zero attached hydrogens (tertiary/aromatic N) is 3. The Kier molecular flexibility index (Phi) is 7.79. The summed E-state index contributed by atoms with van der Waals surface area (Å²) in [5.41, 5.74) is 0.360. The number of carbonyl (C=O) groups excluding carboxylic acids is 1. The lowest BCUT2D eigenvalue weighted by atomic mass is 10.2. The molecule has 0 aliphatic rings. The van der Waals surface area contributed by atoms with Crippen LogP contribution in [0.4, 0.5) is 5.69 Å². The Hall–Kier alpha value is -2.58. The zero-order valence-electron chi connectivity index (χ0n) is 18.4. The average molecular weight is 480 g/mol. The number of aryl methyl sites for hydroxylation is 2. The number of unbranched alkanes of at least 4 members (excludes halogenated alkanes) is 1. The van der Waals surface area contributed by atoms with E-state index < -0.39 is 11.2 Å². The number of amides is 1. The summed E-state index contributed by atoms with van der Waals surface area (Å²) >= 11 is 11.9. The number of H-pyrrole nitrogens is 1. The molecule has 0 saturated heterocycles. The second kappa shape index (κ2) is 10.4. The third kappa shape index (κ3) is 5.42. The van der Waals surface area contributed by atoms with Gasteiger partial charge in [0.15, 0.2) is 11.2 Å². The highest BCUT2D eigenvalue weighted by atomic mass is 35.5. The number of fused-ring (bicyclic) bond motifs is 1. The Balaban J connectivity index is 1.91. The van der Waals surface area contributed by atoms with Crippen LogP contribution >= 0.6 is 23.2 Å². The van der Waals surface area contributed by atoms with Gasteiger partial charge in [-0.2, -0.15) is 0 Å². The highest BCUT2D eigenvalue weighted by Gasteiger charge is 2.20. The molecule has 0 fully saturated rings. The SMILES string of the molecule is CCCCn1c(=O)[nH]c(=O)c2c1nc(CCC(=O)Nc1ccc(Cl)c(Cl)c1)n2CC(C)C. The van der Waals surface area contributed by atoms with Crippen LogP contribution < -0.4 is 16.6 Å². The fraction of sp³-hybridized carbons (Fsp3) is 0.455. The van der Waals surface area contributed by atoms with Crippen molar-refractivity contribution in [3.63, 3.8) is 0 Å². The second-order valence-electron chi connectivity index (χ2n) is 8.15. The largest absolute Gasteiger partial charge is 0.330 e. The molecule has 172 valence electrons. The Morgan fingerprint density at radius 3 is 2.59 bits per heavy atom. The number of aromatic amines is 1. The molecule has 0 spiro atoms. The fourth-order valence-corrected chi connectivity index (χ4v) is 3.81. The van der Waals surface area contributed by atoms with Crippen LogP contribution in [0.2, 0.25) is 10.0 Å². The Morgan fingerprint density at radius 1 is 1.19 bits per heavy atom. The molecule has 0 aliphatic heterocycles. The third-order valence-electron chi connectivity index (χ3n) is 5.03. The molecule has 0 atom stereocenters. The minimum atomic E-state index is -0.464. The molecule has 0 saturated carbocycles. The molecule has 2 N–H and O–H groups in total. The molecule has 2 heterocycles. The number of hydrogen-bond donors (Lipinski definition) is 2. The molecule has 1 aromatic carbocycles. The number of hydrogen-bond acceptors (Lipinski definition) is 4. The number of nitrogens with one attached hydrogen (secondary N) is 2. The number of halogens is 2. The van der Waals surface area contributed by atoms with Crippen molar-refractivity contribution in [2.45, 2.75) is 59.5 Å². The predicted molar refractivity (Wildman–Crippen MR) is 128 cm³/mol. The van der Waals surface area contributed by atoms with Crippen molar-refractivity contribution in [3.8, 4) is 0 Å². The van der Waals surface area contributed by atoms with Gasteiger partial charge in [0.05, 0.1) is 10.0 Å². The van der Waals surface area contributed by atoms with E-state index in [0.29, 0.717) is 52.2 Å². The predicted octanol–water partition coefficient (Wildman–Crippen LogP) is 4.22. The van der Waals surface area contributed by atoms with Gasteiger partial charge in [-0.15, -0.1) is 0 Å². The lowest BCUT2D eigenvalue weighted by molar-refractivity contribution is -0.116. The summed E-state index contributed by atoms with van der Waals surface area (Å²) in [6.07, 6.45) is 2.16. The number of aromatic nitrogens is 4. The highest BCUT2D eigenvalue weighted by molar-refractivity contribution is 6.42. The average Bonchev–Trinajstić information content (AvgIpc) is 3.07. The van der Waals surface area contributed by atoms with E-state index >= 15 is 0 Å². The summed E-state index contributed by atoms with van der Waals surface area (Å²) in [7, 11) is 0. The number of carbonyl (C=O) groups is 1. The molecule has 0 unspecified atom stereocenters. The minimum absolute atomic E-state index is 0.152. The smallest absolute Gasteiger partial charge is 0.326 e. The summed E-state index contributed by atoms with van der Waals surface area (Å²) in [6.45, 7) is 7.12. The molecular weight excluding hydrogens is 453 g/mol. The van der Waals surface area contributed by atoms with Gasteiger partial charge in [0, 0.05) is 31.6 Å². The summed E-state index contributed by atoms with van der Waals surface area (Å²) in [4.78, 5) is 44.6. The molecule has 32 heavy (non-hydrogen) atoms. The van der Waals surface area contributed by atoms with Crippen LogP contribution in [0.5, 0.6) is 0 Å². The molecule has 0 radical (unpaired) electrons. The van der Waals surface area contributed by atoms with Gasteiger partial charge in [0.25, 0.3) is 5.56 Å². The molecule has 3 aromatic rings. The second-order valence-corrected chi connectivity index (χ2v) is 8.96. The maximum atomic E-state index is 12.6. The van der Waals surface area contributed by atoms with Crippen molar-refractivity contribution < 1.29 is 4.79 Å². The first-order chi connectivity index (χ1) is 15.2. The van der Waals surface area contributed by atoms with Crippen molar-refractivity contribution in [2.75, 3.05) is 5.32 Å². The third-order valence-corrected chi connectivity index (χ3v) is 5.77. The van der Waals surface area contributed by atoms with E-state index in [1.807, 2.05) is 25.3 Å². The standard InChI is InChI=1S/C22H27Cl2N5O3/c1-4-5-10-28-20-19(21(31)27-22(28)32)29(12-13(2)3)17(26-20)8-9-18(30)25-14-6-7-15(23)16(24)11-14/h6-7,11,13H,4-5,8-10,12H2,1-3H3,(H,25,30)(H,27,31,32). The topological polar surface area (TPSA) is 102 Å². The van der Waals surface area contributed by atoms with Gasteiger partial charge in [-0.1, -0.05) is 50.4 Å². The quantitative estimate of drug-likeness (QED) is 0.479. The van der Waals surface area contributed by atoms with Crippen molar-refractivity contribution in [3.05, 3.63) is 54.9 Å². The Bertz CT molecular complexity index is 1240. The normalized spacial score (nSPS) is 11.4. The first-order valence-electron chi connectivity index (χ1n) is 10.7. The van der Waals surface area contributed by atoms with Crippen molar-refractivity contribution in [2.24, 2.45) is 5.92 Å². The lowest BCUT2D eigenvalue weighted by Gasteiger charge is -2.12. The molecule has 10 heteroatoms. The number of rotatable bonds is 9. The molecule has 2 aromatic heterocycles. The first-order valence-corrected chi connectivity index (χ1v) is 11.4. The van der Waals surface area contributed by atoms with Crippen molar-refractivity contribution in [1.29, 1.82) is 0 Å². The van der Waals surface area contributed by atoms with E-state index in [2.05, 4.69) is 15.3 Å². The molecule has 8 nitrogen and oxygen atoms in total. The van der Waals surface area contributed by atoms with Crippen molar-refractivity contribution in [1.82, 2.24) is 19.1 Å². The van der Waals surface area contributed by atoms with Crippen LogP contribution in [0.1, 0.15) is 45.9 Å². The van der Waals surface area contributed by atoms with E-state index in [0.717, 1.165) is 12.8 Å². The maximum Gasteiger partial charge on any atom is 0.330 e. The van der Waals surface area contributed by atoms with Crippen LogP contribution in [0, 0.1) is 5.92 Å². The summed E-state index contributed by atoms with van der Waals surface area (Å²) < 4.78 is 3.34. The van der Waals surface area contributed by atoms with Crippen LogP contribution in [-0.2, 0) is 24.3 Å². The van der Waals surface area contributed by atoms with Crippen LogP contribution in [-0.4, -0.2) is 25.0 Å². The maximum absolute atomic E-state index is 12.6. The Labute approximate surface area is 195 Å². The van der Waals surface area contributed by atoms with Gasteiger partial charge in [0.1, 0.15) is 5.82 Å². The van der Waals surface area contributed by atoms with E-state index in [-0.39, 0.29) is 18.2 Å². The monoisotopic (exact) mass is 479 g/mol. The summed E-state index contributed by atoms with van der Waals surface area (Å²) in [5.74, 6) is 0.620. The van der Waals surface area contributed by atoms with Gasteiger partial charge >= 0.3 is 5.69 Å². The molecule has 1 amide bonds. The number of anilines is 1. The van der Waals surface area contributed by atoms with Gasteiger partial charge in [-0.25, -0.2) is 9.78 Å².